The van der Waals surface area contributed by atoms with Crippen molar-refractivity contribution in [2.45, 2.75) is 25.3 Å². The number of H-pyrrole nitrogens is 1. The zero-order valence-electron chi connectivity index (χ0n) is 15.5. The van der Waals surface area contributed by atoms with E-state index in [1.807, 2.05) is 11.8 Å². The van der Waals surface area contributed by atoms with E-state index in [0.29, 0.717) is 39.3 Å². The molecule has 0 saturated carbocycles. The molecule has 0 radical (unpaired) electrons. The summed E-state index contributed by atoms with van der Waals surface area (Å²) < 4.78 is 29.3. The number of hydrogen-bond donors (Lipinski definition) is 1. The van der Waals surface area contributed by atoms with Crippen LogP contribution in [0.5, 0.6) is 0 Å². The SMILES string of the molecule is C[C@@]1(c2nc3cc(Br)c(F)cc3[nH]2)CCCN1c1ccc(-n2nccn2)cc1F. The first-order valence-corrected chi connectivity index (χ1v) is 10.0. The molecule has 1 saturated heterocycles. The summed E-state index contributed by atoms with van der Waals surface area (Å²) in [4.78, 5) is 11.3. The standard InChI is InChI=1S/C20H17BrF2N6/c1-20(19-26-16-10-13(21)14(22)11-17(16)27-19)5-2-8-28(20)18-4-3-12(9-15(18)23)29-24-6-7-25-29/h3-4,6-7,9-11H,2,5,8H2,1H3,(H,26,27)/t20-/m0/s1. The number of halogens is 3. The smallest absolute Gasteiger partial charge is 0.148 e. The molecule has 2 aromatic carbocycles. The summed E-state index contributed by atoms with van der Waals surface area (Å²) in [6.07, 6.45) is 4.80. The highest BCUT2D eigenvalue weighted by Crippen LogP contribution is 2.42. The van der Waals surface area contributed by atoms with Gasteiger partial charge in [0.25, 0.3) is 0 Å². The minimum atomic E-state index is -0.533. The molecule has 2 aromatic heterocycles. The van der Waals surface area contributed by atoms with E-state index in [9.17, 15) is 4.39 Å². The van der Waals surface area contributed by atoms with E-state index in [4.69, 9.17) is 4.98 Å². The lowest BCUT2D eigenvalue weighted by Crippen LogP contribution is -2.40. The highest BCUT2D eigenvalue weighted by molar-refractivity contribution is 9.10. The lowest BCUT2D eigenvalue weighted by atomic mass is 9.97. The normalized spacial score (nSPS) is 19.4. The third-order valence-corrected chi connectivity index (χ3v) is 6.15. The first-order valence-electron chi connectivity index (χ1n) is 9.25. The van der Waals surface area contributed by atoms with E-state index in [-0.39, 0.29) is 11.6 Å². The molecule has 3 heterocycles. The van der Waals surface area contributed by atoms with Gasteiger partial charge in [0.05, 0.1) is 44.8 Å². The second-order valence-electron chi connectivity index (χ2n) is 7.35. The second-order valence-corrected chi connectivity index (χ2v) is 8.21. The van der Waals surface area contributed by atoms with Crippen molar-refractivity contribution < 1.29 is 8.78 Å². The van der Waals surface area contributed by atoms with Crippen LogP contribution < -0.4 is 4.90 Å². The summed E-state index contributed by atoms with van der Waals surface area (Å²) in [7, 11) is 0. The van der Waals surface area contributed by atoms with E-state index in [2.05, 4.69) is 31.1 Å². The Morgan fingerprint density at radius 2 is 1.90 bits per heavy atom. The van der Waals surface area contributed by atoms with E-state index in [1.54, 1.807) is 30.6 Å². The number of aromatic amines is 1. The number of fused-ring (bicyclic) bond motifs is 1. The van der Waals surface area contributed by atoms with E-state index < -0.39 is 5.54 Å². The van der Waals surface area contributed by atoms with Crippen molar-refractivity contribution in [1.29, 1.82) is 0 Å². The number of nitrogens with one attached hydrogen (secondary N) is 1. The van der Waals surface area contributed by atoms with Gasteiger partial charge in [0, 0.05) is 18.7 Å². The summed E-state index contributed by atoms with van der Waals surface area (Å²) in [6.45, 7) is 2.73. The fraction of sp³-hybridized carbons (Fsp3) is 0.250. The van der Waals surface area contributed by atoms with Gasteiger partial charge in [-0.2, -0.15) is 15.0 Å². The highest BCUT2D eigenvalue weighted by atomic mass is 79.9. The number of benzene rings is 2. The van der Waals surface area contributed by atoms with Crippen LogP contribution in [0.4, 0.5) is 14.5 Å². The van der Waals surface area contributed by atoms with Gasteiger partial charge in [-0.3, -0.25) is 0 Å². The van der Waals surface area contributed by atoms with Crippen LogP contribution in [0.3, 0.4) is 0 Å². The molecule has 148 valence electrons. The monoisotopic (exact) mass is 458 g/mol. The van der Waals surface area contributed by atoms with Crippen LogP contribution >= 0.6 is 15.9 Å². The Morgan fingerprint density at radius 3 is 2.66 bits per heavy atom. The summed E-state index contributed by atoms with van der Waals surface area (Å²) >= 11 is 3.20. The molecular formula is C20H17BrF2N6. The first-order chi connectivity index (χ1) is 14.0. The van der Waals surface area contributed by atoms with Crippen LogP contribution in [-0.2, 0) is 5.54 Å². The van der Waals surface area contributed by atoms with Crippen LogP contribution in [-0.4, -0.2) is 31.5 Å². The number of aromatic nitrogens is 5. The molecule has 0 aliphatic carbocycles. The molecule has 0 amide bonds. The molecule has 0 unspecified atom stereocenters. The maximum Gasteiger partial charge on any atom is 0.148 e. The molecule has 5 rings (SSSR count). The van der Waals surface area contributed by atoms with E-state index in [0.717, 1.165) is 12.8 Å². The van der Waals surface area contributed by atoms with Gasteiger partial charge in [-0.1, -0.05) is 0 Å². The quantitative estimate of drug-likeness (QED) is 0.483. The Morgan fingerprint density at radius 1 is 1.10 bits per heavy atom. The van der Waals surface area contributed by atoms with Crippen LogP contribution in [0.25, 0.3) is 16.7 Å². The third-order valence-electron chi connectivity index (χ3n) is 5.55. The van der Waals surface area contributed by atoms with E-state index >= 15 is 4.39 Å². The molecular weight excluding hydrogens is 442 g/mol. The molecule has 1 aliphatic rings. The van der Waals surface area contributed by atoms with Crippen molar-refractivity contribution in [1.82, 2.24) is 25.0 Å². The third kappa shape index (κ3) is 2.91. The van der Waals surface area contributed by atoms with Gasteiger partial charge < -0.3 is 9.88 Å². The van der Waals surface area contributed by atoms with Crippen molar-refractivity contribution >= 4 is 32.7 Å². The van der Waals surface area contributed by atoms with Gasteiger partial charge >= 0.3 is 0 Å². The van der Waals surface area contributed by atoms with Crippen molar-refractivity contribution in [3.05, 3.63) is 64.7 Å². The fourth-order valence-corrected chi connectivity index (χ4v) is 4.38. The maximum atomic E-state index is 15.1. The van der Waals surface area contributed by atoms with Crippen molar-refractivity contribution in [2.24, 2.45) is 0 Å². The number of anilines is 1. The maximum absolute atomic E-state index is 15.1. The van der Waals surface area contributed by atoms with Crippen LogP contribution in [0, 0.1) is 11.6 Å². The molecule has 4 aromatic rings. The summed E-state index contributed by atoms with van der Waals surface area (Å²) in [5.74, 6) is -0.00691. The molecule has 1 atom stereocenters. The molecule has 0 bridgehead atoms. The number of nitrogens with zero attached hydrogens (tertiary/aromatic N) is 5. The van der Waals surface area contributed by atoms with Gasteiger partial charge in [-0.25, -0.2) is 13.8 Å². The largest absolute Gasteiger partial charge is 0.357 e. The van der Waals surface area contributed by atoms with Gasteiger partial charge in [-0.05, 0) is 53.9 Å². The summed E-state index contributed by atoms with van der Waals surface area (Å²) in [6, 6.07) is 8.04. The molecule has 1 N–H and O–H groups in total. The number of imidazole rings is 1. The molecule has 1 aliphatic heterocycles. The Bertz CT molecular complexity index is 1170. The van der Waals surface area contributed by atoms with Crippen LogP contribution in [0.1, 0.15) is 25.6 Å². The Labute approximate surface area is 173 Å². The molecule has 9 heteroatoms. The molecule has 6 nitrogen and oxygen atoms in total. The van der Waals surface area contributed by atoms with Gasteiger partial charge in [0.1, 0.15) is 17.5 Å². The predicted octanol–water partition coefficient (Wildman–Crippen LogP) is 4.70. The Balaban J connectivity index is 1.56. The Kier molecular flexibility index (Phi) is 4.16. The molecule has 0 spiro atoms. The minimum absolute atomic E-state index is 0.349. The zero-order chi connectivity index (χ0) is 20.2. The van der Waals surface area contributed by atoms with Gasteiger partial charge in [-0.15, -0.1) is 0 Å². The predicted molar refractivity (Wildman–Crippen MR) is 109 cm³/mol. The highest BCUT2D eigenvalue weighted by Gasteiger charge is 2.42. The van der Waals surface area contributed by atoms with Gasteiger partial charge in [0.15, 0.2) is 0 Å². The molecule has 1 fully saturated rings. The van der Waals surface area contributed by atoms with Crippen molar-refractivity contribution in [2.75, 3.05) is 11.4 Å². The topological polar surface area (TPSA) is 62.6 Å². The molecule has 29 heavy (non-hydrogen) atoms. The minimum Gasteiger partial charge on any atom is -0.357 e. The van der Waals surface area contributed by atoms with Crippen LogP contribution in [0.15, 0.2) is 47.2 Å². The number of hydrogen-bond acceptors (Lipinski definition) is 4. The lowest BCUT2D eigenvalue weighted by molar-refractivity contribution is 0.459. The lowest BCUT2D eigenvalue weighted by Gasteiger charge is -2.35. The van der Waals surface area contributed by atoms with Crippen LogP contribution in [0.2, 0.25) is 0 Å². The van der Waals surface area contributed by atoms with Gasteiger partial charge in [0.2, 0.25) is 0 Å². The van der Waals surface area contributed by atoms with E-state index in [1.165, 1.54) is 16.9 Å². The Hall–Kier alpha value is -2.81. The second kappa shape index (κ2) is 6.62. The average molecular weight is 459 g/mol. The van der Waals surface area contributed by atoms with Crippen molar-refractivity contribution in [3.63, 3.8) is 0 Å². The van der Waals surface area contributed by atoms with Crippen molar-refractivity contribution in [3.8, 4) is 5.69 Å². The summed E-state index contributed by atoms with van der Waals surface area (Å²) in [5, 5.41) is 8.09. The summed E-state index contributed by atoms with van der Waals surface area (Å²) in [5.41, 5.74) is 1.81. The zero-order valence-corrected chi connectivity index (χ0v) is 17.1. The fourth-order valence-electron chi connectivity index (χ4n) is 4.04. The number of rotatable bonds is 3. The average Bonchev–Trinajstić information content (AvgIpc) is 3.42. The first kappa shape index (κ1) is 18.2.